The van der Waals surface area contributed by atoms with Gasteiger partial charge in [-0.2, -0.15) is 5.10 Å². The highest BCUT2D eigenvalue weighted by Crippen LogP contribution is 2.32. The molecule has 0 N–H and O–H groups in total. The Morgan fingerprint density at radius 1 is 0.957 bits per heavy atom. The van der Waals surface area contributed by atoms with E-state index >= 15 is 0 Å². The van der Waals surface area contributed by atoms with Gasteiger partial charge in [0.05, 0.1) is 5.69 Å². The number of hydrogen-bond acceptors (Lipinski definition) is 3. The van der Waals surface area contributed by atoms with Crippen molar-refractivity contribution in [2.75, 3.05) is 0 Å². The molecule has 0 unspecified atom stereocenters. The van der Waals surface area contributed by atoms with Crippen molar-refractivity contribution in [2.45, 2.75) is 0 Å². The molecule has 0 saturated carbocycles. The van der Waals surface area contributed by atoms with E-state index in [4.69, 9.17) is 4.98 Å². The minimum absolute atomic E-state index is 0.266. The van der Waals surface area contributed by atoms with Crippen molar-refractivity contribution in [3.63, 3.8) is 0 Å². The van der Waals surface area contributed by atoms with Gasteiger partial charge in [-0.15, -0.1) is 0 Å². The molecule has 0 aliphatic rings. The summed E-state index contributed by atoms with van der Waals surface area (Å²) in [4.78, 5) is 8.76. The molecule has 23 heavy (non-hydrogen) atoms. The molecule has 1 aromatic carbocycles. The molecule has 4 aromatic rings. The first-order chi connectivity index (χ1) is 11.2. The molecule has 5 heteroatoms. The van der Waals surface area contributed by atoms with Gasteiger partial charge in [0, 0.05) is 42.2 Å². The highest BCUT2D eigenvalue weighted by atomic mass is 19.1. The zero-order valence-electron chi connectivity index (χ0n) is 12.4. The Kier molecular flexibility index (Phi) is 3.12. The summed E-state index contributed by atoms with van der Waals surface area (Å²) in [7, 11) is 1.87. The van der Waals surface area contributed by atoms with Gasteiger partial charge in [-0.25, -0.2) is 9.37 Å². The minimum Gasteiger partial charge on any atom is -0.273 e. The van der Waals surface area contributed by atoms with Crippen molar-refractivity contribution in [1.82, 2.24) is 19.7 Å². The number of pyridine rings is 2. The van der Waals surface area contributed by atoms with Crippen LogP contribution in [0.1, 0.15) is 0 Å². The van der Waals surface area contributed by atoms with Crippen molar-refractivity contribution in [1.29, 1.82) is 0 Å². The fourth-order valence-corrected chi connectivity index (χ4v) is 2.65. The lowest BCUT2D eigenvalue weighted by atomic mass is 9.99. The summed E-state index contributed by atoms with van der Waals surface area (Å²) in [5.74, 6) is -0.266. The van der Waals surface area contributed by atoms with Crippen LogP contribution in [-0.4, -0.2) is 19.7 Å². The molecule has 3 heterocycles. The Morgan fingerprint density at radius 3 is 2.43 bits per heavy atom. The Morgan fingerprint density at radius 2 is 1.70 bits per heavy atom. The zero-order valence-corrected chi connectivity index (χ0v) is 12.4. The lowest BCUT2D eigenvalue weighted by Gasteiger charge is -2.09. The van der Waals surface area contributed by atoms with Gasteiger partial charge in [0.25, 0.3) is 0 Å². The molecule has 3 aromatic heterocycles. The molecule has 0 radical (unpaired) electrons. The summed E-state index contributed by atoms with van der Waals surface area (Å²) in [6.07, 6.45) is 5.43. The van der Waals surface area contributed by atoms with E-state index in [0.717, 1.165) is 27.8 Å². The molecule has 4 nitrogen and oxygen atoms in total. The topological polar surface area (TPSA) is 43.6 Å². The number of nitrogens with zero attached hydrogens (tertiary/aromatic N) is 4. The summed E-state index contributed by atoms with van der Waals surface area (Å²) in [5, 5.41) is 5.33. The molecule has 0 aliphatic carbocycles. The zero-order chi connectivity index (χ0) is 15.8. The molecular formula is C18H13FN4. The van der Waals surface area contributed by atoms with Crippen LogP contribution in [0.3, 0.4) is 0 Å². The number of aromatic nitrogens is 4. The quantitative estimate of drug-likeness (QED) is 0.565. The van der Waals surface area contributed by atoms with Crippen LogP contribution in [0.4, 0.5) is 4.39 Å². The lowest BCUT2D eigenvalue weighted by molar-refractivity contribution is 0.628. The summed E-state index contributed by atoms with van der Waals surface area (Å²) >= 11 is 0. The molecule has 4 rings (SSSR count). The summed E-state index contributed by atoms with van der Waals surface area (Å²) < 4.78 is 15.0. The summed E-state index contributed by atoms with van der Waals surface area (Å²) in [6.45, 7) is 0. The van der Waals surface area contributed by atoms with Crippen LogP contribution < -0.4 is 0 Å². The predicted octanol–water partition coefficient (Wildman–Crippen LogP) is 3.84. The Hall–Kier alpha value is -3.08. The van der Waals surface area contributed by atoms with E-state index in [1.807, 2.05) is 25.4 Å². The van der Waals surface area contributed by atoms with Crippen LogP contribution >= 0.6 is 0 Å². The van der Waals surface area contributed by atoms with Crippen LogP contribution in [0.2, 0.25) is 0 Å². The number of aryl methyl sites for hydroxylation is 1. The molecule has 112 valence electrons. The highest BCUT2D eigenvalue weighted by molar-refractivity contribution is 5.89. The van der Waals surface area contributed by atoms with E-state index in [-0.39, 0.29) is 5.82 Å². The van der Waals surface area contributed by atoms with Crippen molar-refractivity contribution < 1.29 is 4.39 Å². The molecule has 0 spiro atoms. The smallest absolute Gasteiger partial charge is 0.181 e. The molecule has 0 aliphatic heterocycles. The normalized spacial score (nSPS) is 11.0. The van der Waals surface area contributed by atoms with E-state index in [2.05, 4.69) is 16.1 Å². The van der Waals surface area contributed by atoms with E-state index < -0.39 is 0 Å². The summed E-state index contributed by atoms with van der Waals surface area (Å²) in [6, 6.07) is 12.3. The van der Waals surface area contributed by atoms with E-state index in [1.54, 1.807) is 29.2 Å². The Bertz CT molecular complexity index is 975. The van der Waals surface area contributed by atoms with Crippen LogP contribution in [0.25, 0.3) is 33.4 Å². The molecule has 0 saturated heterocycles. The van der Waals surface area contributed by atoms with Crippen molar-refractivity contribution in [3.05, 3.63) is 66.9 Å². The fraction of sp³-hybridized carbons (Fsp3) is 0.0556. The van der Waals surface area contributed by atoms with Gasteiger partial charge >= 0.3 is 0 Å². The first-order valence-electron chi connectivity index (χ1n) is 7.21. The van der Waals surface area contributed by atoms with E-state index in [1.165, 1.54) is 12.1 Å². The monoisotopic (exact) mass is 304 g/mol. The van der Waals surface area contributed by atoms with Gasteiger partial charge < -0.3 is 0 Å². The predicted molar refractivity (Wildman–Crippen MR) is 87.1 cm³/mol. The van der Waals surface area contributed by atoms with Crippen LogP contribution in [-0.2, 0) is 7.05 Å². The molecule has 0 fully saturated rings. The first kappa shape index (κ1) is 13.6. The highest BCUT2D eigenvalue weighted by Gasteiger charge is 2.13. The van der Waals surface area contributed by atoms with Crippen molar-refractivity contribution in [3.8, 4) is 22.4 Å². The second-order valence-corrected chi connectivity index (χ2v) is 5.34. The Labute approximate surface area is 132 Å². The van der Waals surface area contributed by atoms with Crippen molar-refractivity contribution in [2.24, 2.45) is 7.05 Å². The molecule has 0 amide bonds. The van der Waals surface area contributed by atoms with Gasteiger partial charge in [-0.05, 0) is 48.0 Å². The number of benzene rings is 1. The van der Waals surface area contributed by atoms with Gasteiger partial charge in [0.1, 0.15) is 5.82 Å². The number of hydrogen-bond donors (Lipinski definition) is 0. The average molecular weight is 304 g/mol. The van der Waals surface area contributed by atoms with E-state index in [0.29, 0.717) is 5.65 Å². The average Bonchev–Trinajstić information content (AvgIpc) is 2.94. The number of rotatable bonds is 2. The fourth-order valence-electron chi connectivity index (χ4n) is 2.65. The lowest BCUT2D eigenvalue weighted by Crippen LogP contribution is -1.92. The van der Waals surface area contributed by atoms with Crippen LogP contribution in [0.15, 0.2) is 61.1 Å². The number of halogens is 1. The largest absolute Gasteiger partial charge is 0.273 e. The van der Waals surface area contributed by atoms with Gasteiger partial charge in [-0.3, -0.25) is 9.67 Å². The van der Waals surface area contributed by atoms with Crippen molar-refractivity contribution >= 4 is 11.0 Å². The molecule has 0 bridgehead atoms. The van der Waals surface area contributed by atoms with E-state index in [9.17, 15) is 4.39 Å². The maximum absolute atomic E-state index is 13.2. The Balaban J connectivity index is 2.01. The summed E-state index contributed by atoms with van der Waals surface area (Å²) in [5.41, 5.74) is 4.29. The maximum atomic E-state index is 13.2. The standard InChI is InChI=1S/C18H13FN4/c1-23-11-14-10-16(12-6-8-20-9-7-12)17(21-18(14)22-23)13-2-4-15(19)5-3-13/h2-11H,1H3. The molecule has 0 atom stereocenters. The second-order valence-electron chi connectivity index (χ2n) is 5.34. The van der Waals surface area contributed by atoms with Crippen LogP contribution in [0.5, 0.6) is 0 Å². The minimum atomic E-state index is -0.266. The number of fused-ring (bicyclic) bond motifs is 1. The SMILES string of the molecule is Cn1cc2cc(-c3ccncc3)c(-c3ccc(F)cc3)nc2n1. The van der Waals surface area contributed by atoms with Gasteiger partial charge in [0.15, 0.2) is 5.65 Å². The third kappa shape index (κ3) is 2.46. The van der Waals surface area contributed by atoms with Gasteiger partial charge in [-0.1, -0.05) is 0 Å². The van der Waals surface area contributed by atoms with Gasteiger partial charge in [0.2, 0.25) is 0 Å². The maximum Gasteiger partial charge on any atom is 0.181 e. The third-order valence-corrected chi connectivity index (χ3v) is 3.72. The second kappa shape index (κ2) is 5.28. The third-order valence-electron chi connectivity index (χ3n) is 3.72. The first-order valence-corrected chi connectivity index (χ1v) is 7.21. The molecular weight excluding hydrogens is 291 g/mol. The van der Waals surface area contributed by atoms with Crippen LogP contribution in [0, 0.1) is 5.82 Å².